The molecular weight excluding hydrogens is 353 g/mol. The fourth-order valence-corrected chi connectivity index (χ4v) is 1.46. The Labute approximate surface area is 137 Å². The second kappa shape index (κ2) is 8.57. The number of nitrogens with one attached hydrogen (secondary N) is 3. The summed E-state index contributed by atoms with van der Waals surface area (Å²) in [5.74, 6) is -11.9. The summed E-state index contributed by atoms with van der Waals surface area (Å²) < 4.78 is 65.4. The number of carbonyl (C=O) groups excluding carboxylic acids is 2. The number of urea groups is 1. The lowest BCUT2D eigenvalue weighted by Crippen LogP contribution is -2.22. The van der Waals surface area contributed by atoms with Crippen LogP contribution < -0.4 is 20.7 Å². The van der Waals surface area contributed by atoms with E-state index in [0.717, 1.165) is 6.92 Å². The molecule has 0 aliphatic heterocycles. The zero-order chi connectivity index (χ0) is 19.1. The second-order valence-electron chi connectivity index (χ2n) is 4.30. The third-order valence-electron chi connectivity index (χ3n) is 2.42. The zero-order valence-electron chi connectivity index (χ0n) is 12.4. The Balaban J connectivity index is 0.000000705. The lowest BCUT2D eigenvalue weighted by molar-refractivity contribution is -0.377. The van der Waals surface area contributed by atoms with Crippen molar-refractivity contribution in [2.24, 2.45) is 0 Å². The van der Waals surface area contributed by atoms with Crippen LogP contribution in [-0.4, -0.2) is 12.0 Å². The average molecular weight is 363 g/mol. The topological polar surface area (TPSA) is 95.4 Å². The maximum absolute atomic E-state index is 13.3. The fraction of sp³-hybridized carbons (Fsp3) is 0.0714. The summed E-state index contributed by atoms with van der Waals surface area (Å²) in [5.41, 5.74) is -1.18. The minimum absolute atomic E-state index is 0.245. The van der Waals surface area contributed by atoms with Gasteiger partial charge in [-0.05, 0) is 6.92 Å². The molecule has 25 heavy (non-hydrogen) atoms. The number of aliphatic carboxylic acids is 1. The smallest absolute Gasteiger partial charge is 0.323 e. The highest BCUT2D eigenvalue weighted by Gasteiger charge is 2.26. The first kappa shape index (κ1) is 19.8. The van der Waals surface area contributed by atoms with E-state index in [1.165, 1.54) is 24.5 Å². The molecule has 0 radical (unpaired) electrons. The third kappa shape index (κ3) is 5.41. The molecule has 1 aromatic heterocycles. The largest absolute Gasteiger partial charge is 0.550 e. The molecule has 0 atom stereocenters. The summed E-state index contributed by atoms with van der Waals surface area (Å²) in [4.78, 5) is 23.0. The molecule has 1 heterocycles. The van der Waals surface area contributed by atoms with Crippen molar-refractivity contribution in [3.05, 3.63) is 53.6 Å². The third-order valence-corrected chi connectivity index (χ3v) is 2.42. The summed E-state index contributed by atoms with van der Waals surface area (Å²) >= 11 is 0. The Morgan fingerprint density at radius 1 is 0.880 bits per heavy atom. The van der Waals surface area contributed by atoms with Crippen LogP contribution in [0, 0.1) is 29.1 Å². The van der Waals surface area contributed by atoms with Crippen molar-refractivity contribution in [3.8, 4) is 0 Å². The lowest BCUT2D eigenvalue weighted by atomic mass is 10.2. The molecule has 0 unspecified atom stereocenters. The van der Waals surface area contributed by atoms with Crippen LogP contribution in [0.25, 0.3) is 0 Å². The number of halogens is 5. The van der Waals surface area contributed by atoms with Crippen molar-refractivity contribution in [3.63, 3.8) is 0 Å². The summed E-state index contributed by atoms with van der Waals surface area (Å²) in [6.07, 6.45) is 2.90. The van der Waals surface area contributed by atoms with Gasteiger partial charge in [0.1, 0.15) is 5.69 Å². The molecule has 2 rings (SSSR count). The van der Waals surface area contributed by atoms with Crippen LogP contribution >= 0.6 is 0 Å². The Morgan fingerprint density at radius 2 is 1.28 bits per heavy atom. The van der Waals surface area contributed by atoms with Crippen LogP contribution in [0.15, 0.2) is 24.5 Å². The Bertz CT molecular complexity index is 754. The van der Waals surface area contributed by atoms with Gasteiger partial charge < -0.3 is 20.5 Å². The van der Waals surface area contributed by atoms with Gasteiger partial charge in [-0.2, -0.15) is 0 Å². The number of H-pyrrole nitrogens is 1. The van der Waals surface area contributed by atoms with Crippen molar-refractivity contribution in [2.45, 2.75) is 6.92 Å². The molecule has 0 bridgehead atoms. The number of carboxylic acids is 1. The molecule has 2 amide bonds. The van der Waals surface area contributed by atoms with E-state index in [-0.39, 0.29) is 5.69 Å². The maximum atomic E-state index is 13.3. The number of pyridine rings is 1. The van der Waals surface area contributed by atoms with Gasteiger partial charge in [-0.25, -0.2) is 31.7 Å². The fourth-order valence-electron chi connectivity index (χ4n) is 1.46. The molecule has 6 nitrogen and oxygen atoms in total. The summed E-state index contributed by atoms with van der Waals surface area (Å²) in [6.45, 7) is 0.972. The standard InChI is InChI=1S/C12H6F5N3O.C2H4O2/c13-6-7(14)9(16)11(10(17)8(6)15)20-12(21)19-5-1-3-18-4-2-5;1-2(3)4/h1-4H,(H2,18,19,20,21);1H3,(H,3,4). The van der Waals surface area contributed by atoms with Crippen LogP contribution in [0.3, 0.4) is 0 Å². The summed E-state index contributed by atoms with van der Waals surface area (Å²) in [7, 11) is 0. The SMILES string of the molecule is CC(=O)[O-].O=C(Nc1cc[nH+]cc1)Nc1c(F)c(F)c(F)c(F)c1F. The number of rotatable bonds is 2. The normalized spacial score (nSPS) is 9.68. The molecule has 0 saturated carbocycles. The monoisotopic (exact) mass is 363 g/mol. The molecule has 2 aromatic rings. The molecular formula is C14H10F5N3O3. The number of hydrogen-bond donors (Lipinski definition) is 2. The lowest BCUT2D eigenvalue weighted by Gasteiger charge is -2.10. The minimum atomic E-state index is -2.30. The Kier molecular flexibility index (Phi) is 6.79. The number of benzene rings is 1. The maximum Gasteiger partial charge on any atom is 0.323 e. The van der Waals surface area contributed by atoms with E-state index in [1.807, 2.05) is 0 Å². The summed E-state index contributed by atoms with van der Waals surface area (Å²) in [6, 6.07) is 1.67. The summed E-state index contributed by atoms with van der Waals surface area (Å²) in [5, 5.41) is 12.6. The van der Waals surface area contributed by atoms with E-state index >= 15 is 0 Å². The number of carbonyl (C=O) groups is 2. The average Bonchev–Trinajstić information content (AvgIpc) is 2.55. The number of aromatic nitrogens is 1. The first-order valence-electron chi connectivity index (χ1n) is 6.38. The number of amides is 2. The van der Waals surface area contributed by atoms with Crippen molar-refractivity contribution < 1.29 is 41.6 Å². The molecule has 0 saturated heterocycles. The number of aromatic amines is 1. The molecule has 0 aliphatic carbocycles. The van der Waals surface area contributed by atoms with E-state index in [4.69, 9.17) is 9.90 Å². The predicted molar refractivity (Wildman–Crippen MR) is 72.6 cm³/mol. The van der Waals surface area contributed by atoms with Gasteiger partial charge in [-0.3, -0.25) is 0 Å². The molecule has 0 spiro atoms. The molecule has 3 N–H and O–H groups in total. The van der Waals surface area contributed by atoms with Crippen molar-refractivity contribution in [1.82, 2.24) is 0 Å². The van der Waals surface area contributed by atoms with Crippen LogP contribution in [0.5, 0.6) is 0 Å². The van der Waals surface area contributed by atoms with E-state index in [9.17, 15) is 26.7 Å². The number of carboxylic acid groups (broad SMARTS) is 1. The molecule has 11 heteroatoms. The molecule has 134 valence electrons. The van der Waals surface area contributed by atoms with E-state index < -0.39 is 46.8 Å². The molecule has 1 aromatic carbocycles. The highest BCUT2D eigenvalue weighted by molar-refractivity contribution is 5.99. The quantitative estimate of drug-likeness (QED) is 0.482. The van der Waals surface area contributed by atoms with Crippen molar-refractivity contribution in [1.29, 1.82) is 0 Å². The highest BCUT2D eigenvalue weighted by atomic mass is 19.2. The number of anilines is 2. The first-order valence-corrected chi connectivity index (χ1v) is 6.38. The van der Waals surface area contributed by atoms with Crippen molar-refractivity contribution >= 4 is 23.4 Å². The van der Waals surface area contributed by atoms with E-state index in [1.54, 1.807) is 5.32 Å². The van der Waals surface area contributed by atoms with Gasteiger partial charge in [0.05, 0.1) is 5.69 Å². The zero-order valence-corrected chi connectivity index (χ0v) is 12.4. The van der Waals surface area contributed by atoms with Gasteiger partial charge in [-0.15, -0.1) is 0 Å². The minimum Gasteiger partial charge on any atom is -0.550 e. The highest BCUT2D eigenvalue weighted by Crippen LogP contribution is 2.27. The van der Waals surface area contributed by atoms with Gasteiger partial charge in [0.15, 0.2) is 35.7 Å². The van der Waals surface area contributed by atoms with Gasteiger partial charge in [-0.1, -0.05) is 0 Å². The van der Waals surface area contributed by atoms with Crippen LogP contribution in [-0.2, 0) is 4.79 Å². The molecule has 0 fully saturated rings. The number of hydrogen-bond acceptors (Lipinski definition) is 3. The van der Waals surface area contributed by atoms with Gasteiger partial charge in [0.25, 0.3) is 0 Å². The molecule has 0 aliphatic rings. The predicted octanol–water partition coefficient (Wildman–Crippen LogP) is 1.60. The van der Waals surface area contributed by atoms with Gasteiger partial charge >= 0.3 is 6.03 Å². The van der Waals surface area contributed by atoms with Gasteiger partial charge in [0.2, 0.25) is 5.82 Å². The van der Waals surface area contributed by atoms with Crippen molar-refractivity contribution in [2.75, 3.05) is 10.6 Å². The van der Waals surface area contributed by atoms with Crippen LogP contribution in [0.4, 0.5) is 38.1 Å². The second-order valence-corrected chi connectivity index (χ2v) is 4.30. The Hall–Kier alpha value is -3.24. The van der Waals surface area contributed by atoms with Crippen LogP contribution in [0.1, 0.15) is 6.92 Å². The first-order chi connectivity index (χ1) is 11.6. The van der Waals surface area contributed by atoms with E-state index in [2.05, 4.69) is 10.3 Å². The van der Waals surface area contributed by atoms with E-state index in [0.29, 0.717) is 0 Å². The Morgan fingerprint density at radius 3 is 1.72 bits per heavy atom. The van der Waals surface area contributed by atoms with Gasteiger partial charge in [0, 0.05) is 18.1 Å². The van der Waals surface area contributed by atoms with Crippen LogP contribution in [0.2, 0.25) is 0 Å².